The number of nitrogens with zero attached hydrogens (tertiary/aromatic N) is 2. The van der Waals surface area contributed by atoms with Crippen LogP contribution in [0.3, 0.4) is 0 Å². The van der Waals surface area contributed by atoms with Gasteiger partial charge in [0.2, 0.25) is 0 Å². The van der Waals surface area contributed by atoms with Crippen molar-refractivity contribution >= 4 is 11.7 Å². The zero-order valence-electron chi connectivity index (χ0n) is 11.6. The Labute approximate surface area is 114 Å². The molecule has 0 aliphatic carbocycles. The number of carbonyl (C=O) groups is 1. The molecule has 1 aliphatic heterocycles. The molecule has 0 bridgehead atoms. The highest BCUT2D eigenvalue weighted by molar-refractivity contribution is 5.68. The van der Waals surface area contributed by atoms with Crippen molar-refractivity contribution in [1.29, 1.82) is 0 Å². The SMILES string of the molecule is CC1CN(C)CC(CC(=O)O)N(c2ccccc2)C1. The maximum absolute atomic E-state index is 11.1. The summed E-state index contributed by atoms with van der Waals surface area (Å²) in [5.74, 6) is -0.196. The van der Waals surface area contributed by atoms with Crippen LogP contribution in [0.1, 0.15) is 13.3 Å². The second-order valence-corrected chi connectivity index (χ2v) is 5.57. The number of rotatable bonds is 3. The fourth-order valence-corrected chi connectivity index (χ4v) is 2.92. The Balaban J connectivity index is 2.25. The van der Waals surface area contributed by atoms with Crippen LogP contribution in [0.2, 0.25) is 0 Å². The van der Waals surface area contributed by atoms with Crippen LogP contribution in [0.25, 0.3) is 0 Å². The van der Waals surface area contributed by atoms with E-state index < -0.39 is 5.97 Å². The molecule has 1 heterocycles. The molecule has 0 spiro atoms. The molecular weight excluding hydrogens is 240 g/mol. The lowest BCUT2D eigenvalue weighted by Crippen LogP contribution is -2.42. The van der Waals surface area contributed by atoms with Gasteiger partial charge >= 0.3 is 5.97 Å². The number of hydrogen-bond donors (Lipinski definition) is 1. The topological polar surface area (TPSA) is 43.8 Å². The molecule has 4 nitrogen and oxygen atoms in total. The van der Waals surface area contributed by atoms with E-state index in [2.05, 4.69) is 35.9 Å². The third kappa shape index (κ3) is 3.70. The molecule has 4 heteroatoms. The molecule has 0 aromatic heterocycles. The van der Waals surface area contributed by atoms with Gasteiger partial charge in [0.05, 0.1) is 12.5 Å². The highest BCUT2D eigenvalue weighted by Gasteiger charge is 2.28. The smallest absolute Gasteiger partial charge is 0.305 e. The molecule has 1 aromatic carbocycles. The molecule has 104 valence electrons. The second-order valence-electron chi connectivity index (χ2n) is 5.57. The number of likely N-dealkylation sites (N-methyl/N-ethyl adjacent to an activating group) is 1. The Hall–Kier alpha value is -1.55. The second kappa shape index (κ2) is 6.06. The van der Waals surface area contributed by atoms with Crippen molar-refractivity contribution in [3.63, 3.8) is 0 Å². The van der Waals surface area contributed by atoms with Crippen LogP contribution in [-0.4, -0.2) is 48.7 Å². The maximum atomic E-state index is 11.1. The van der Waals surface area contributed by atoms with Crippen LogP contribution in [0, 0.1) is 5.92 Å². The molecule has 2 rings (SSSR count). The van der Waals surface area contributed by atoms with Gasteiger partial charge in [0, 0.05) is 25.3 Å². The highest BCUT2D eigenvalue weighted by atomic mass is 16.4. The van der Waals surface area contributed by atoms with E-state index in [1.54, 1.807) is 0 Å². The van der Waals surface area contributed by atoms with Crippen LogP contribution in [0.5, 0.6) is 0 Å². The van der Waals surface area contributed by atoms with E-state index in [9.17, 15) is 4.79 Å². The molecule has 0 amide bonds. The molecule has 1 aromatic rings. The van der Waals surface area contributed by atoms with Crippen LogP contribution in [-0.2, 0) is 4.79 Å². The monoisotopic (exact) mass is 262 g/mol. The minimum atomic E-state index is -0.728. The molecule has 0 radical (unpaired) electrons. The van der Waals surface area contributed by atoms with Gasteiger partial charge in [-0.05, 0) is 25.1 Å². The Morgan fingerprint density at radius 3 is 2.58 bits per heavy atom. The molecule has 2 atom stereocenters. The standard InChI is InChI=1S/C15H22N2O2/c1-12-9-16(2)11-14(8-15(18)19)17(10-12)13-6-4-3-5-7-13/h3-7,12,14H,8-11H2,1-2H3,(H,18,19). The fraction of sp³-hybridized carbons (Fsp3) is 0.533. The molecule has 1 N–H and O–H groups in total. The molecule has 2 unspecified atom stereocenters. The zero-order valence-corrected chi connectivity index (χ0v) is 11.6. The number of aliphatic carboxylic acids is 1. The molecule has 1 fully saturated rings. The summed E-state index contributed by atoms with van der Waals surface area (Å²) in [5.41, 5.74) is 1.12. The van der Waals surface area contributed by atoms with E-state index in [1.165, 1.54) is 0 Å². The Morgan fingerprint density at radius 2 is 1.95 bits per heavy atom. The van der Waals surface area contributed by atoms with E-state index in [0.717, 1.165) is 25.3 Å². The van der Waals surface area contributed by atoms with E-state index in [-0.39, 0.29) is 12.5 Å². The van der Waals surface area contributed by atoms with E-state index >= 15 is 0 Å². The lowest BCUT2D eigenvalue weighted by molar-refractivity contribution is -0.137. The summed E-state index contributed by atoms with van der Waals surface area (Å²) in [4.78, 5) is 15.6. The molecular formula is C15H22N2O2. The zero-order chi connectivity index (χ0) is 13.8. The summed E-state index contributed by atoms with van der Waals surface area (Å²) >= 11 is 0. The third-order valence-electron chi connectivity index (χ3n) is 3.59. The predicted molar refractivity (Wildman–Crippen MR) is 76.5 cm³/mol. The van der Waals surface area contributed by atoms with Gasteiger partial charge in [-0.2, -0.15) is 0 Å². The number of benzene rings is 1. The van der Waals surface area contributed by atoms with Crippen molar-refractivity contribution in [1.82, 2.24) is 4.90 Å². The Morgan fingerprint density at radius 1 is 1.26 bits per heavy atom. The van der Waals surface area contributed by atoms with Gasteiger partial charge < -0.3 is 14.9 Å². The van der Waals surface area contributed by atoms with Gasteiger partial charge in [0.25, 0.3) is 0 Å². The van der Waals surface area contributed by atoms with Gasteiger partial charge in [-0.25, -0.2) is 0 Å². The normalized spacial score (nSPS) is 25.1. The van der Waals surface area contributed by atoms with Crippen molar-refractivity contribution in [2.75, 3.05) is 31.6 Å². The van der Waals surface area contributed by atoms with E-state index in [0.29, 0.717) is 5.92 Å². The summed E-state index contributed by atoms with van der Waals surface area (Å²) in [6.07, 6.45) is 0.186. The predicted octanol–water partition coefficient (Wildman–Crippen LogP) is 1.92. The maximum Gasteiger partial charge on any atom is 0.305 e. The first-order valence-electron chi connectivity index (χ1n) is 6.78. The number of carboxylic acids is 1. The van der Waals surface area contributed by atoms with Gasteiger partial charge in [-0.15, -0.1) is 0 Å². The van der Waals surface area contributed by atoms with Gasteiger partial charge in [-0.1, -0.05) is 25.1 Å². The minimum absolute atomic E-state index is 0.0369. The largest absolute Gasteiger partial charge is 0.481 e. The average molecular weight is 262 g/mol. The summed E-state index contributed by atoms with van der Waals surface area (Å²) in [5, 5.41) is 9.13. The average Bonchev–Trinajstić information content (AvgIpc) is 2.48. The minimum Gasteiger partial charge on any atom is -0.481 e. The Kier molecular flexibility index (Phi) is 4.43. The molecule has 1 aliphatic rings. The van der Waals surface area contributed by atoms with Crippen molar-refractivity contribution in [2.45, 2.75) is 19.4 Å². The first-order chi connectivity index (χ1) is 9.06. The fourth-order valence-electron chi connectivity index (χ4n) is 2.92. The molecule has 0 saturated carbocycles. The lowest BCUT2D eigenvalue weighted by atomic mass is 10.1. The first kappa shape index (κ1) is 13.9. The number of hydrogen-bond acceptors (Lipinski definition) is 3. The highest BCUT2D eigenvalue weighted by Crippen LogP contribution is 2.23. The summed E-state index contributed by atoms with van der Waals surface area (Å²) in [6, 6.07) is 10.2. The number of para-hydroxylation sites is 1. The summed E-state index contributed by atoms with van der Waals surface area (Å²) in [7, 11) is 2.07. The number of carboxylic acid groups (broad SMARTS) is 1. The van der Waals surface area contributed by atoms with Crippen molar-refractivity contribution < 1.29 is 9.90 Å². The van der Waals surface area contributed by atoms with Crippen LogP contribution in [0.15, 0.2) is 30.3 Å². The van der Waals surface area contributed by atoms with Gasteiger partial charge in [-0.3, -0.25) is 4.79 Å². The first-order valence-corrected chi connectivity index (χ1v) is 6.78. The van der Waals surface area contributed by atoms with E-state index in [4.69, 9.17) is 5.11 Å². The number of anilines is 1. The molecule has 19 heavy (non-hydrogen) atoms. The van der Waals surface area contributed by atoms with E-state index in [1.807, 2.05) is 18.2 Å². The van der Waals surface area contributed by atoms with Gasteiger partial charge in [0.1, 0.15) is 0 Å². The lowest BCUT2D eigenvalue weighted by Gasteiger charge is -2.32. The van der Waals surface area contributed by atoms with Crippen LogP contribution < -0.4 is 4.90 Å². The molecule has 1 saturated heterocycles. The van der Waals surface area contributed by atoms with Crippen LogP contribution >= 0.6 is 0 Å². The van der Waals surface area contributed by atoms with Crippen molar-refractivity contribution in [3.8, 4) is 0 Å². The van der Waals surface area contributed by atoms with Crippen molar-refractivity contribution in [2.24, 2.45) is 5.92 Å². The summed E-state index contributed by atoms with van der Waals surface area (Å²) in [6.45, 7) is 4.94. The third-order valence-corrected chi connectivity index (χ3v) is 3.59. The van der Waals surface area contributed by atoms with Crippen LogP contribution in [0.4, 0.5) is 5.69 Å². The summed E-state index contributed by atoms with van der Waals surface area (Å²) < 4.78 is 0. The van der Waals surface area contributed by atoms with Crippen molar-refractivity contribution in [3.05, 3.63) is 30.3 Å². The Bertz CT molecular complexity index is 421. The van der Waals surface area contributed by atoms with Gasteiger partial charge in [0.15, 0.2) is 0 Å². The quantitative estimate of drug-likeness (QED) is 0.904.